The largest absolute Gasteiger partial charge is 0.497 e. The van der Waals surface area contributed by atoms with Gasteiger partial charge in [0, 0.05) is 0 Å². The van der Waals surface area contributed by atoms with E-state index in [1.165, 1.54) is 5.56 Å². The zero-order valence-electron chi connectivity index (χ0n) is 9.73. The van der Waals surface area contributed by atoms with Crippen LogP contribution in [0, 0.1) is 5.92 Å². The Kier molecular flexibility index (Phi) is 4.63. The van der Waals surface area contributed by atoms with Gasteiger partial charge in [0.1, 0.15) is 5.75 Å². The third-order valence-corrected chi connectivity index (χ3v) is 2.46. The second kappa shape index (κ2) is 5.76. The van der Waals surface area contributed by atoms with Crippen molar-refractivity contribution in [2.24, 2.45) is 5.92 Å². The number of rotatable bonds is 5. The highest BCUT2D eigenvalue weighted by Crippen LogP contribution is 2.18. The first-order valence-electron chi connectivity index (χ1n) is 5.42. The maximum Gasteiger partial charge on any atom is 0.119 e. The molecule has 2 atom stereocenters. The third kappa shape index (κ3) is 4.34. The minimum atomic E-state index is -0.217. The quantitative estimate of drug-likeness (QED) is 0.806. The van der Waals surface area contributed by atoms with Gasteiger partial charge in [-0.3, -0.25) is 0 Å². The van der Waals surface area contributed by atoms with Crippen molar-refractivity contribution in [3.05, 3.63) is 29.8 Å². The normalized spacial score (nSPS) is 14.7. The summed E-state index contributed by atoms with van der Waals surface area (Å²) in [4.78, 5) is 0. The molecule has 0 saturated heterocycles. The molecule has 1 N–H and O–H groups in total. The van der Waals surface area contributed by atoms with Gasteiger partial charge in [-0.15, -0.1) is 0 Å². The van der Waals surface area contributed by atoms with Crippen LogP contribution in [0.2, 0.25) is 0 Å². The lowest BCUT2D eigenvalue weighted by molar-refractivity contribution is 0.164. The van der Waals surface area contributed by atoms with Gasteiger partial charge in [0.15, 0.2) is 0 Å². The molecule has 0 aliphatic heterocycles. The molecule has 15 heavy (non-hydrogen) atoms. The van der Waals surface area contributed by atoms with Crippen LogP contribution < -0.4 is 4.74 Å². The molecular formula is C13H20O2. The summed E-state index contributed by atoms with van der Waals surface area (Å²) in [6, 6.07) is 8.10. The fraction of sp³-hybridized carbons (Fsp3) is 0.538. The van der Waals surface area contributed by atoms with Crippen molar-refractivity contribution in [1.82, 2.24) is 0 Å². The zero-order chi connectivity index (χ0) is 11.3. The topological polar surface area (TPSA) is 29.5 Å². The zero-order valence-corrected chi connectivity index (χ0v) is 9.73. The Morgan fingerprint density at radius 1 is 1.33 bits per heavy atom. The molecule has 1 aromatic rings. The third-order valence-electron chi connectivity index (χ3n) is 2.46. The number of aliphatic hydroxyl groups is 1. The van der Waals surface area contributed by atoms with Crippen molar-refractivity contribution in [2.45, 2.75) is 32.8 Å². The van der Waals surface area contributed by atoms with Crippen molar-refractivity contribution < 1.29 is 9.84 Å². The molecule has 0 bridgehead atoms. The fourth-order valence-corrected chi connectivity index (χ4v) is 1.87. The summed E-state index contributed by atoms with van der Waals surface area (Å²) in [6.07, 6.45) is 1.62. The highest BCUT2D eigenvalue weighted by Gasteiger charge is 2.07. The highest BCUT2D eigenvalue weighted by atomic mass is 16.5. The van der Waals surface area contributed by atoms with Crippen molar-refractivity contribution >= 4 is 0 Å². The van der Waals surface area contributed by atoms with Crippen LogP contribution in [0.15, 0.2) is 24.3 Å². The summed E-state index contributed by atoms with van der Waals surface area (Å²) >= 11 is 0. The molecule has 0 spiro atoms. The second-order valence-corrected chi connectivity index (χ2v) is 4.25. The predicted octanol–water partition coefficient (Wildman–Crippen LogP) is 2.64. The standard InChI is InChI=1S/C13H20O2/c1-10(7-11(2)14)8-12-5-4-6-13(9-12)15-3/h4-6,9-11,14H,7-8H2,1-3H3. The van der Waals surface area contributed by atoms with E-state index in [4.69, 9.17) is 4.74 Å². The van der Waals surface area contributed by atoms with Gasteiger partial charge in [-0.1, -0.05) is 19.1 Å². The van der Waals surface area contributed by atoms with Crippen molar-refractivity contribution in [3.63, 3.8) is 0 Å². The Labute approximate surface area is 91.9 Å². The van der Waals surface area contributed by atoms with Gasteiger partial charge >= 0.3 is 0 Å². The molecule has 0 heterocycles. The average molecular weight is 208 g/mol. The average Bonchev–Trinajstić information content (AvgIpc) is 2.16. The lowest BCUT2D eigenvalue weighted by Crippen LogP contribution is -2.09. The van der Waals surface area contributed by atoms with E-state index in [0.29, 0.717) is 5.92 Å². The number of hydrogen-bond acceptors (Lipinski definition) is 2. The van der Waals surface area contributed by atoms with E-state index in [9.17, 15) is 5.11 Å². The Balaban J connectivity index is 2.55. The summed E-state index contributed by atoms with van der Waals surface area (Å²) in [5, 5.41) is 9.28. The van der Waals surface area contributed by atoms with Gasteiger partial charge in [-0.25, -0.2) is 0 Å². The maximum atomic E-state index is 9.28. The molecule has 2 unspecified atom stereocenters. The Morgan fingerprint density at radius 3 is 2.67 bits per heavy atom. The Bertz CT molecular complexity index is 294. The van der Waals surface area contributed by atoms with Crippen LogP contribution in [-0.2, 0) is 6.42 Å². The van der Waals surface area contributed by atoms with Gasteiger partial charge in [-0.2, -0.15) is 0 Å². The molecule has 2 nitrogen and oxygen atoms in total. The maximum absolute atomic E-state index is 9.28. The van der Waals surface area contributed by atoms with Crippen molar-refractivity contribution in [3.8, 4) is 5.75 Å². The lowest BCUT2D eigenvalue weighted by atomic mass is 9.96. The molecule has 1 aromatic carbocycles. The molecular weight excluding hydrogens is 188 g/mol. The van der Waals surface area contributed by atoms with Crippen LogP contribution in [0.1, 0.15) is 25.8 Å². The summed E-state index contributed by atoms with van der Waals surface area (Å²) in [5.41, 5.74) is 1.27. The first kappa shape index (κ1) is 12.1. The highest BCUT2D eigenvalue weighted by molar-refractivity contribution is 5.28. The van der Waals surface area contributed by atoms with Crippen LogP contribution in [-0.4, -0.2) is 18.3 Å². The Hall–Kier alpha value is -1.02. The first-order valence-corrected chi connectivity index (χ1v) is 5.42. The van der Waals surface area contributed by atoms with Crippen molar-refractivity contribution in [2.75, 3.05) is 7.11 Å². The molecule has 0 radical (unpaired) electrons. The smallest absolute Gasteiger partial charge is 0.119 e. The van der Waals surface area contributed by atoms with Crippen LogP contribution in [0.25, 0.3) is 0 Å². The SMILES string of the molecule is COc1cccc(CC(C)CC(C)O)c1. The fourth-order valence-electron chi connectivity index (χ4n) is 1.87. The van der Waals surface area contributed by atoms with Gasteiger partial charge in [-0.05, 0) is 43.4 Å². The minimum Gasteiger partial charge on any atom is -0.497 e. The number of hydrogen-bond donors (Lipinski definition) is 1. The van der Waals surface area contributed by atoms with Gasteiger partial charge < -0.3 is 9.84 Å². The van der Waals surface area contributed by atoms with Gasteiger partial charge in [0.2, 0.25) is 0 Å². The number of methoxy groups -OCH3 is 1. The monoisotopic (exact) mass is 208 g/mol. The van der Waals surface area contributed by atoms with Crippen molar-refractivity contribution in [1.29, 1.82) is 0 Å². The molecule has 0 amide bonds. The first-order chi connectivity index (χ1) is 7.11. The van der Waals surface area contributed by atoms with Crippen LogP contribution >= 0.6 is 0 Å². The molecule has 0 saturated carbocycles. The van der Waals surface area contributed by atoms with Gasteiger partial charge in [0.05, 0.1) is 13.2 Å². The summed E-state index contributed by atoms with van der Waals surface area (Å²) in [5.74, 6) is 1.40. The predicted molar refractivity (Wildman–Crippen MR) is 62.2 cm³/mol. The molecule has 0 aliphatic carbocycles. The van der Waals surface area contributed by atoms with E-state index in [-0.39, 0.29) is 6.10 Å². The van der Waals surface area contributed by atoms with Crippen LogP contribution in [0.5, 0.6) is 5.75 Å². The molecule has 0 aromatic heterocycles. The second-order valence-electron chi connectivity index (χ2n) is 4.25. The van der Waals surface area contributed by atoms with E-state index in [1.807, 2.05) is 19.1 Å². The van der Waals surface area contributed by atoms with Crippen LogP contribution in [0.4, 0.5) is 0 Å². The molecule has 84 valence electrons. The molecule has 0 aliphatic rings. The number of aliphatic hydroxyl groups excluding tert-OH is 1. The lowest BCUT2D eigenvalue weighted by Gasteiger charge is -2.13. The van der Waals surface area contributed by atoms with Crippen LogP contribution in [0.3, 0.4) is 0 Å². The number of ether oxygens (including phenoxy) is 1. The van der Waals surface area contributed by atoms with E-state index in [1.54, 1.807) is 7.11 Å². The summed E-state index contributed by atoms with van der Waals surface area (Å²) in [7, 11) is 1.68. The van der Waals surface area contributed by atoms with Gasteiger partial charge in [0.25, 0.3) is 0 Å². The van der Waals surface area contributed by atoms with E-state index >= 15 is 0 Å². The molecule has 1 rings (SSSR count). The van der Waals surface area contributed by atoms with E-state index in [2.05, 4.69) is 19.1 Å². The molecule has 0 fully saturated rings. The molecule has 2 heteroatoms. The minimum absolute atomic E-state index is 0.217. The van der Waals surface area contributed by atoms with E-state index in [0.717, 1.165) is 18.6 Å². The number of benzene rings is 1. The van der Waals surface area contributed by atoms with E-state index < -0.39 is 0 Å². The Morgan fingerprint density at radius 2 is 2.07 bits per heavy atom. The summed E-state index contributed by atoms with van der Waals surface area (Å²) in [6.45, 7) is 3.99. The summed E-state index contributed by atoms with van der Waals surface area (Å²) < 4.78 is 5.17.